The number of aromatic nitrogens is 1. The molecule has 2 N–H and O–H groups in total. The molecule has 1 aliphatic rings. The van der Waals surface area contributed by atoms with E-state index < -0.39 is 10.8 Å². The maximum Gasteiger partial charge on any atom is 0.191 e. The molecule has 140 valence electrons. The maximum absolute atomic E-state index is 12.1. The van der Waals surface area contributed by atoms with E-state index in [2.05, 4.69) is 27.5 Å². The lowest BCUT2D eigenvalue weighted by Gasteiger charge is -2.30. The van der Waals surface area contributed by atoms with Gasteiger partial charge in [-0.15, -0.1) is 0 Å². The molecular weight excluding hydrogens is 336 g/mol. The summed E-state index contributed by atoms with van der Waals surface area (Å²) >= 11 is 0. The molecule has 0 aromatic carbocycles. The highest BCUT2D eigenvalue weighted by molar-refractivity contribution is 7.85. The molecule has 1 aromatic rings. The minimum absolute atomic E-state index is 0.313. The van der Waals surface area contributed by atoms with Gasteiger partial charge in [0.25, 0.3) is 0 Å². The van der Waals surface area contributed by atoms with Gasteiger partial charge in [0.1, 0.15) is 12.4 Å². The molecule has 1 aliphatic carbocycles. The molecule has 0 radical (unpaired) electrons. The van der Waals surface area contributed by atoms with Crippen LogP contribution in [0.3, 0.4) is 0 Å². The Morgan fingerprint density at radius 2 is 2.32 bits per heavy atom. The van der Waals surface area contributed by atoms with Crippen molar-refractivity contribution in [1.29, 1.82) is 0 Å². The number of aliphatic imine (C=N–C) groups is 1. The topological polar surface area (TPSA) is 75.6 Å². The summed E-state index contributed by atoms with van der Waals surface area (Å²) in [7, 11) is -0.707. The minimum Gasteiger partial charge on any atom is -0.490 e. The summed E-state index contributed by atoms with van der Waals surface area (Å²) in [5.41, 5.74) is 0. The van der Waals surface area contributed by atoms with E-state index in [0.29, 0.717) is 24.4 Å². The van der Waals surface area contributed by atoms with E-state index in [1.165, 1.54) is 0 Å². The van der Waals surface area contributed by atoms with Crippen LogP contribution >= 0.6 is 0 Å². The lowest BCUT2D eigenvalue weighted by atomic mass is 9.95. The van der Waals surface area contributed by atoms with Crippen LogP contribution in [-0.2, 0) is 10.8 Å². The Labute approximate surface area is 153 Å². The predicted molar refractivity (Wildman–Crippen MR) is 104 cm³/mol. The molecule has 2 rings (SSSR count). The molecule has 1 heterocycles. The summed E-state index contributed by atoms with van der Waals surface area (Å²) in [6, 6.07) is 4.08. The third-order valence-electron chi connectivity index (χ3n) is 4.23. The molecule has 0 bridgehead atoms. The molecule has 3 atom stereocenters. The van der Waals surface area contributed by atoms with Gasteiger partial charge in [-0.1, -0.05) is 13.3 Å². The third kappa shape index (κ3) is 7.02. The van der Waals surface area contributed by atoms with Gasteiger partial charge in [0, 0.05) is 40.6 Å². The SMILES string of the molecule is CCNC(=NCCOc1cccnc1)NC1CCCC(S(=O)CC)C1. The molecule has 0 aliphatic heterocycles. The summed E-state index contributed by atoms with van der Waals surface area (Å²) in [5, 5.41) is 7.10. The molecule has 0 spiro atoms. The molecule has 0 amide bonds. The summed E-state index contributed by atoms with van der Waals surface area (Å²) < 4.78 is 17.7. The molecule has 6 nitrogen and oxygen atoms in total. The second-order valence-electron chi connectivity index (χ2n) is 6.10. The Morgan fingerprint density at radius 3 is 3.04 bits per heavy atom. The van der Waals surface area contributed by atoms with Crippen molar-refractivity contribution in [3.05, 3.63) is 24.5 Å². The van der Waals surface area contributed by atoms with Gasteiger partial charge in [0.2, 0.25) is 0 Å². The van der Waals surface area contributed by atoms with Gasteiger partial charge >= 0.3 is 0 Å². The van der Waals surface area contributed by atoms with Crippen molar-refractivity contribution in [3.8, 4) is 5.75 Å². The van der Waals surface area contributed by atoms with Crippen molar-refractivity contribution >= 4 is 16.8 Å². The van der Waals surface area contributed by atoms with E-state index >= 15 is 0 Å². The largest absolute Gasteiger partial charge is 0.490 e. The molecule has 1 aromatic heterocycles. The van der Waals surface area contributed by atoms with Crippen LogP contribution in [0.1, 0.15) is 39.5 Å². The zero-order chi connectivity index (χ0) is 17.9. The van der Waals surface area contributed by atoms with Crippen LogP contribution in [0.4, 0.5) is 0 Å². The highest BCUT2D eigenvalue weighted by Crippen LogP contribution is 2.22. The van der Waals surface area contributed by atoms with E-state index in [9.17, 15) is 4.21 Å². The standard InChI is InChI=1S/C18H30N4O2S/c1-3-20-18(21-11-12-24-16-8-6-10-19-14-16)22-15-7-5-9-17(13-15)25(23)4-2/h6,8,10,14-15,17H,3-5,7,9,11-13H2,1-2H3,(H2,20,21,22). The van der Waals surface area contributed by atoms with Crippen molar-refractivity contribution in [2.75, 3.05) is 25.4 Å². The van der Waals surface area contributed by atoms with E-state index in [4.69, 9.17) is 4.74 Å². The van der Waals surface area contributed by atoms with Crippen molar-refractivity contribution in [2.24, 2.45) is 4.99 Å². The van der Waals surface area contributed by atoms with E-state index in [0.717, 1.165) is 49.7 Å². The zero-order valence-corrected chi connectivity index (χ0v) is 16.1. The fourth-order valence-corrected chi connectivity index (χ4v) is 4.37. The average Bonchev–Trinajstić information content (AvgIpc) is 2.65. The van der Waals surface area contributed by atoms with Gasteiger partial charge in [0.15, 0.2) is 5.96 Å². The van der Waals surface area contributed by atoms with E-state index in [-0.39, 0.29) is 0 Å². The van der Waals surface area contributed by atoms with Crippen LogP contribution in [0.15, 0.2) is 29.5 Å². The average molecular weight is 367 g/mol. The summed E-state index contributed by atoms with van der Waals surface area (Å²) in [6.45, 7) is 5.95. The first-order valence-corrected chi connectivity index (χ1v) is 10.6. The van der Waals surface area contributed by atoms with Crippen molar-refractivity contribution in [1.82, 2.24) is 15.6 Å². The van der Waals surface area contributed by atoms with Crippen LogP contribution in [0, 0.1) is 0 Å². The van der Waals surface area contributed by atoms with Crippen LogP contribution < -0.4 is 15.4 Å². The Kier molecular flexibility index (Phi) is 8.72. The number of hydrogen-bond donors (Lipinski definition) is 2. The molecule has 25 heavy (non-hydrogen) atoms. The van der Waals surface area contributed by atoms with E-state index in [1.54, 1.807) is 12.4 Å². The fraction of sp³-hybridized carbons (Fsp3) is 0.667. The third-order valence-corrected chi connectivity index (χ3v) is 5.97. The van der Waals surface area contributed by atoms with Crippen LogP contribution in [0.5, 0.6) is 5.75 Å². The number of nitrogens with one attached hydrogen (secondary N) is 2. The van der Waals surface area contributed by atoms with Crippen LogP contribution in [0.2, 0.25) is 0 Å². The van der Waals surface area contributed by atoms with Gasteiger partial charge in [-0.05, 0) is 38.3 Å². The second-order valence-corrected chi connectivity index (χ2v) is 8.10. The number of nitrogens with zero attached hydrogens (tertiary/aromatic N) is 2. The summed E-state index contributed by atoms with van der Waals surface area (Å²) in [6.07, 6.45) is 7.68. The number of ether oxygens (including phenoxy) is 1. The number of hydrogen-bond acceptors (Lipinski definition) is 4. The first kappa shape index (κ1) is 19.7. The van der Waals surface area contributed by atoms with Crippen molar-refractivity contribution in [3.63, 3.8) is 0 Å². The molecule has 0 saturated heterocycles. The van der Waals surface area contributed by atoms with E-state index in [1.807, 2.05) is 19.1 Å². The van der Waals surface area contributed by atoms with Gasteiger partial charge in [-0.3, -0.25) is 9.19 Å². The Hall–Kier alpha value is -1.63. The normalized spacial score (nSPS) is 22.2. The Bertz CT molecular complexity index is 553. The second kappa shape index (κ2) is 11.1. The molecule has 3 unspecified atom stereocenters. The van der Waals surface area contributed by atoms with Crippen LogP contribution in [0.25, 0.3) is 0 Å². The smallest absolute Gasteiger partial charge is 0.191 e. The maximum atomic E-state index is 12.1. The molecule has 1 saturated carbocycles. The van der Waals surface area contributed by atoms with Crippen molar-refractivity contribution in [2.45, 2.75) is 50.8 Å². The quantitative estimate of drug-likeness (QED) is 0.419. The summed E-state index contributed by atoms with van der Waals surface area (Å²) in [5.74, 6) is 2.31. The Morgan fingerprint density at radius 1 is 1.44 bits per heavy atom. The van der Waals surface area contributed by atoms with Gasteiger partial charge in [-0.2, -0.15) is 0 Å². The summed E-state index contributed by atoms with van der Waals surface area (Å²) in [4.78, 5) is 8.61. The molecule has 1 fully saturated rings. The first-order chi connectivity index (χ1) is 12.2. The Balaban J connectivity index is 1.81. The van der Waals surface area contributed by atoms with Gasteiger partial charge in [0.05, 0.1) is 12.7 Å². The van der Waals surface area contributed by atoms with Crippen LogP contribution in [-0.4, -0.2) is 51.9 Å². The highest BCUT2D eigenvalue weighted by Gasteiger charge is 2.25. The van der Waals surface area contributed by atoms with Gasteiger partial charge in [-0.25, -0.2) is 4.99 Å². The predicted octanol–water partition coefficient (Wildman–Crippen LogP) is 2.10. The zero-order valence-electron chi connectivity index (χ0n) is 15.2. The van der Waals surface area contributed by atoms with Gasteiger partial charge < -0.3 is 15.4 Å². The number of pyridine rings is 1. The fourth-order valence-electron chi connectivity index (χ4n) is 3.02. The number of rotatable bonds is 8. The minimum atomic E-state index is -0.707. The monoisotopic (exact) mass is 366 g/mol. The molecular formula is C18H30N4O2S. The lowest BCUT2D eigenvalue weighted by Crippen LogP contribution is -2.46. The number of guanidine groups is 1. The highest BCUT2D eigenvalue weighted by atomic mass is 32.2. The van der Waals surface area contributed by atoms with Crippen molar-refractivity contribution < 1.29 is 8.95 Å². The first-order valence-electron chi connectivity index (χ1n) is 9.17. The molecule has 7 heteroatoms. The lowest BCUT2D eigenvalue weighted by molar-refractivity contribution is 0.327.